The van der Waals surface area contributed by atoms with E-state index in [1.807, 2.05) is 0 Å². The number of likely N-dealkylation sites (tertiary alicyclic amines) is 1. The second kappa shape index (κ2) is 9.85. The van der Waals surface area contributed by atoms with Crippen LogP contribution < -0.4 is 5.32 Å². The maximum atomic E-state index is 12.5. The lowest BCUT2D eigenvalue weighted by Crippen LogP contribution is -2.34. The van der Waals surface area contributed by atoms with Crippen molar-refractivity contribution in [3.8, 4) is 0 Å². The average molecular weight is 499 g/mol. The van der Waals surface area contributed by atoms with E-state index in [1.165, 1.54) is 28.0 Å². The Hall–Kier alpha value is -1.68. The second-order valence-corrected chi connectivity index (χ2v) is 10.5. The molecule has 1 aliphatic heterocycles. The van der Waals surface area contributed by atoms with Gasteiger partial charge in [0.25, 0.3) is 0 Å². The van der Waals surface area contributed by atoms with Gasteiger partial charge in [-0.2, -0.15) is 0 Å². The largest absolute Gasteiger partial charge is 0.300 e. The molecule has 0 unspecified atom stereocenters. The minimum absolute atomic E-state index is 0.0359. The molecule has 0 radical (unpaired) electrons. The van der Waals surface area contributed by atoms with E-state index in [0.29, 0.717) is 25.3 Å². The third kappa shape index (κ3) is 5.05. The SMILES string of the molecule is O=C(CCN1C(=O)[C@@H]2CCCC[C@H]2C1=O)Nc1nnc(SCc2c(Cl)cccc2Cl)s1. The number of halogens is 2. The van der Waals surface area contributed by atoms with Crippen molar-refractivity contribution in [2.45, 2.75) is 42.2 Å². The fourth-order valence-electron chi connectivity index (χ4n) is 3.97. The van der Waals surface area contributed by atoms with Gasteiger partial charge in [0.2, 0.25) is 22.9 Å². The number of hydrogen-bond donors (Lipinski definition) is 1. The summed E-state index contributed by atoms with van der Waals surface area (Å²) in [6.45, 7) is 0.0991. The summed E-state index contributed by atoms with van der Waals surface area (Å²) in [5.41, 5.74) is 0.817. The summed E-state index contributed by atoms with van der Waals surface area (Å²) in [5.74, 6) is -0.428. The Bertz CT molecular complexity index is 972. The number of nitrogens with zero attached hydrogens (tertiary/aromatic N) is 3. The smallest absolute Gasteiger partial charge is 0.233 e. The van der Waals surface area contributed by atoms with Gasteiger partial charge < -0.3 is 5.32 Å². The molecule has 2 aromatic rings. The molecule has 2 atom stereocenters. The monoisotopic (exact) mass is 498 g/mol. The number of aromatic nitrogens is 2. The van der Waals surface area contributed by atoms with Crippen LogP contribution in [0.5, 0.6) is 0 Å². The van der Waals surface area contributed by atoms with Crippen LogP contribution in [0, 0.1) is 11.8 Å². The molecular formula is C20H20Cl2N4O3S2. The van der Waals surface area contributed by atoms with Gasteiger partial charge in [0.15, 0.2) is 4.34 Å². The van der Waals surface area contributed by atoms with E-state index in [0.717, 1.165) is 31.2 Å². The summed E-state index contributed by atoms with van der Waals surface area (Å²) >= 11 is 15.0. The normalized spacial score (nSPS) is 20.8. The first-order valence-electron chi connectivity index (χ1n) is 9.98. The van der Waals surface area contributed by atoms with Crippen molar-refractivity contribution in [2.75, 3.05) is 11.9 Å². The number of nitrogens with one attached hydrogen (secondary N) is 1. The van der Waals surface area contributed by atoms with Crippen molar-refractivity contribution >= 4 is 69.2 Å². The molecule has 1 N–H and O–H groups in total. The van der Waals surface area contributed by atoms with E-state index in [9.17, 15) is 14.4 Å². The average Bonchev–Trinajstić information content (AvgIpc) is 3.29. The topological polar surface area (TPSA) is 92.3 Å². The summed E-state index contributed by atoms with van der Waals surface area (Å²) in [5, 5.41) is 12.3. The minimum Gasteiger partial charge on any atom is -0.300 e. The predicted octanol–water partition coefficient (Wildman–Crippen LogP) is 4.64. The molecule has 1 saturated heterocycles. The first-order chi connectivity index (χ1) is 14.9. The van der Waals surface area contributed by atoms with Crippen molar-refractivity contribution in [1.82, 2.24) is 15.1 Å². The van der Waals surface area contributed by atoms with Crippen LogP contribution in [0.1, 0.15) is 37.7 Å². The van der Waals surface area contributed by atoms with Crippen LogP contribution in [0.2, 0.25) is 10.0 Å². The zero-order valence-electron chi connectivity index (χ0n) is 16.5. The number of hydrogen-bond acceptors (Lipinski definition) is 7. The number of fused-ring (bicyclic) bond motifs is 1. The fraction of sp³-hybridized carbons (Fsp3) is 0.450. The van der Waals surface area contributed by atoms with Gasteiger partial charge in [0.1, 0.15) is 0 Å². The molecule has 164 valence electrons. The minimum atomic E-state index is -0.308. The Morgan fingerprint density at radius 2 is 1.77 bits per heavy atom. The van der Waals surface area contributed by atoms with Crippen molar-refractivity contribution < 1.29 is 14.4 Å². The number of rotatable bonds is 7. The number of amides is 3. The van der Waals surface area contributed by atoms with Crippen LogP contribution in [0.4, 0.5) is 5.13 Å². The lowest BCUT2D eigenvalue weighted by atomic mass is 9.81. The Balaban J connectivity index is 1.27. The van der Waals surface area contributed by atoms with E-state index >= 15 is 0 Å². The molecule has 31 heavy (non-hydrogen) atoms. The molecule has 3 amide bonds. The summed E-state index contributed by atoms with van der Waals surface area (Å²) in [6.07, 6.45) is 3.53. The quantitative estimate of drug-likeness (QED) is 0.339. The first kappa shape index (κ1) is 22.5. The molecule has 1 aliphatic carbocycles. The third-order valence-electron chi connectivity index (χ3n) is 5.55. The van der Waals surface area contributed by atoms with Crippen molar-refractivity contribution in [2.24, 2.45) is 11.8 Å². The molecule has 4 rings (SSSR count). The molecule has 11 heteroatoms. The van der Waals surface area contributed by atoms with Gasteiger partial charge in [-0.15, -0.1) is 10.2 Å². The molecule has 2 aliphatic rings. The third-order valence-corrected chi connectivity index (χ3v) is 8.26. The van der Waals surface area contributed by atoms with E-state index in [1.54, 1.807) is 18.2 Å². The maximum absolute atomic E-state index is 12.5. The van der Waals surface area contributed by atoms with E-state index < -0.39 is 0 Å². The molecule has 0 spiro atoms. The Morgan fingerprint density at radius 1 is 1.13 bits per heavy atom. The highest BCUT2D eigenvalue weighted by Gasteiger charge is 2.47. The van der Waals surface area contributed by atoms with Gasteiger partial charge in [-0.25, -0.2) is 0 Å². The maximum Gasteiger partial charge on any atom is 0.233 e. The van der Waals surface area contributed by atoms with Gasteiger partial charge in [-0.1, -0.05) is 65.2 Å². The lowest BCUT2D eigenvalue weighted by molar-refractivity contribution is -0.140. The molecule has 7 nitrogen and oxygen atoms in total. The zero-order chi connectivity index (χ0) is 22.0. The van der Waals surface area contributed by atoms with Crippen LogP contribution in [0.3, 0.4) is 0 Å². The lowest BCUT2D eigenvalue weighted by Gasteiger charge is -2.19. The molecular weight excluding hydrogens is 479 g/mol. The van der Waals surface area contributed by atoms with Gasteiger partial charge >= 0.3 is 0 Å². The number of thioether (sulfide) groups is 1. The molecule has 2 fully saturated rings. The van der Waals surface area contributed by atoms with E-state index in [2.05, 4.69) is 15.5 Å². The molecule has 2 heterocycles. The zero-order valence-corrected chi connectivity index (χ0v) is 19.6. The fourth-order valence-corrected chi connectivity index (χ4v) is 6.48. The van der Waals surface area contributed by atoms with Crippen LogP contribution in [-0.2, 0) is 20.1 Å². The highest BCUT2D eigenvalue weighted by molar-refractivity contribution is 8.00. The summed E-state index contributed by atoms with van der Waals surface area (Å²) in [7, 11) is 0. The van der Waals surface area contributed by atoms with Crippen molar-refractivity contribution in [3.63, 3.8) is 0 Å². The Labute approximate surface area is 197 Å². The van der Waals surface area contributed by atoms with Gasteiger partial charge in [-0.3, -0.25) is 19.3 Å². The van der Waals surface area contributed by atoms with Crippen LogP contribution in [0.15, 0.2) is 22.5 Å². The number of carbonyl (C=O) groups is 3. The van der Waals surface area contributed by atoms with Crippen LogP contribution in [-0.4, -0.2) is 39.4 Å². The molecule has 0 bridgehead atoms. The van der Waals surface area contributed by atoms with Gasteiger partial charge in [-0.05, 0) is 30.5 Å². The van der Waals surface area contributed by atoms with Crippen LogP contribution >= 0.6 is 46.3 Å². The standard InChI is InChI=1S/C20H20Cl2N4O3S2/c21-14-6-3-7-15(22)13(14)10-30-20-25-24-19(31-20)23-16(27)8-9-26-17(28)11-4-1-2-5-12(11)18(26)29/h3,6-7,11-12H,1-2,4-5,8-10H2,(H,23,24,27)/t11-,12-/m1/s1. The van der Waals surface area contributed by atoms with E-state index in [4.69, 9.17) is 23.2 Å². The van der Waals surface area contributed by atoms with E-state index in [-0.39, 0.29) is 42.5 Å². The Morgan fingerprint density at radius 3 is 2.42 bits per heavy atom. The predicted molar refractivity (Wildman–Crippen MR) is 121 cm³/mol. The molecule has 1 aromatic carbocycles. The van der Waals surface area contributed by atoms with Crippen molar-refractivity contribution in [1.29, 1.82) is 0 Å². The first-order valence-corrected chi connectivity index (χ1v) is 12.5. The number of benzene rings is 1. The molecule has 1 saturated carbocycles. The number of carbonyl (C=O) groups excluding carboxylic acids is 3. The summed E-state index contributed by atoms with van der Waals surface area (Å²) in [6, 6.07) is 5.34. The summed E-state index contributed by atoms with van der Waals surface area (Å²) in [4.78, 5) is 38.6. The Kier molecular flexibility index (Phi) is 7.15. The van der Waals surface area contributed by atoms with Crippen LogP contribution in [0.25, 0.3) is 0 Å². The second-order valence-electron chi connectivity index (χ2n) is 7.49. The highest BCUT2D eigenvalue weighted by Crippen LogP contribution is 2.38. The number of imide groups is 1. The summed E-state index contributed by atoms with van der Waals surface area (Å²) < 4.78 is 0.667. The highest BCUT2D eigenvalue weighted by atomic mass is 35.5. The van der Waals surface area contributed by atoms with Gasteiger partial charge in [0.05, 0.1) is 11.8 Å². The number of anilines is 1. The molecule has 1 aromatic heterocycles. The van der Waals surface area contributed by atoms with Gasteiger partial charge in [0, 0.05) is 28.8 Å². The van der Waals surface area contributed by atoms with Crippen molar-refractivity contribution in [3.05, 3.63) is 33.8 Å².